The highest BCUT2D eigenvalue weighted by Crippen LogP contribution is 2.19. The molecule has 0 heterocycles. The van der Waals surface area contributed by atoms with Gasteiger partial charge in [-0.25, -0.2) is 12.7 Å². The summed E-state index contributed by atoms with van der Waals surface area (Å²) in [5.41, 5.74) is -0.264. The lowest BCUT2D eigenvalue weighted by molar-refractivity contribution is 0.375. The van der Waals surface area contributed by atoms with Crippen molar-refractivity contribution in [2.75, 3.05) is 12.8 Å². The van der Waals surface area contributed by atoms with Gasteiger partial charge in [0.1, 0.15) is 0 Å². The summed E-state index contributed by atoms with van der Waals surface area (Å²) in [7, 11) is -1.73. The van der Waals surface area contributed by atoms with Crippen molar-refractivity contribution in [2.45, 2.75) is 40.2 Å². The first-order valence-electron chi connectivity index (χ1n) is 4.93. The van der Waals surface area contributed by atoms with Crippen molar-refractivity contribution in [2.24, 2.45) is 5.41 Å². The molecule has 0 aromatic rings. The van der Waals surface area contributed by atoms with Crippen LogP contribution in [0.3, 0.4) is 0 Å². The van der Waals surface area contributed by atoms with Gasteiger partial charge in [0.05, 0.1) is 18.2 Å². The quantitative estimate of drug-likeness (QED) is 0.739. The predicted octanol–water partition coefficient (Wildman–Crippen LogP) is 1.60. The van der Waals surface area contributed by atoms with Crippen molar-refractivity contribution in [3.05, 3.63) is 0 Å². The van der Waals surface area contributed by atoms with Gasteiger partial charge in [-0.3, -0.25) is 0 Å². The Kier molecular flexibility index (Phi) is 4.75. The van der Waals surface area contributed by atoms with E-state index in [4.69, 9.17) is 5.26 Å². The van der Waals surface area contributed by atoms with E-state index in [1.54, 1.807) is 6.92 Å². The molecular formula is C10H20N2O2S. The van der Waals surface area contributed by atoms with Crippen LogP contribution in [0.4, 0.5) is 0 Å². The van der Waals surface area contributed by atoms with Crippen LogP contribution in [-0.4, -0.2) is 31.6 Å². The Bertz CT molecular complexity index is 335. The third-order valence-electron chi connectivity index (χ3n) is 2.06. The van der Waals surface area contributed by atoms with Crippen molar-refractivity contribution in [1.29, 1.82) is 5.26 Å². The molecule has 0 fully saturated rings. The lowest BCUT2D eigenvalue weighted by Crippen LogP contribution is -2.39. The van der Waals surface area contributed by atoms with Crippen LogP contribution in [0.1, 0.15) is 34.1 Å². The first-order valence-corrected chi connectivity index (χ1v) is 6.54. The summed E-state index contributed by atoms with van der Waals surface area (Å²) in [5, 5.41) is 8.51. The van der Waals surface area contributed by atoms with Crippen LogP contribution in [0.15, 0.2) is 0 Å². The highest BCUT2D eigenvalue weighted by atomic mass is 32.2. The molecule has 88 valence electrons. The Labute approximate surface area is 92.9 Å². The van der Waals surface area contributed by atoms with Crippen molar-refractivity contribution in [3.8, 4) is 6.07 Å². The van der Waals surface area contributed by atoms with Crippen molar-refractivity contribution >= 4 is 10.0 Å². The van der Waals surface area contributed by atoms with E-state index in [1.807, 2.05) is 26.8 Å². The van der Waals surface area contributed by atoms with Gasteiger partial charge < -0.3 is 0 Å². The minimum Gasteiger partial charge on any atom is -0.212 e. The maximum atomic E-state index is 11.9. The average molecular weight is 232 g/mol. The maximum Gasteiger partial charge on any atom is 0.214 e. The van der Waals surface area contributed by atoms with Gasteiger partial charge in [0, 0.05) is 13.1 Å². The fraction of sp³-hybridized carbons (Fsp3) is 0.900. The van der Waals surface area contributed by atoms with E-state index in [2.05, 4.69) is 0 Å². The minimum absolute atomic E-state index is 0.103. The second kappa shape index (κ2) is 4.95. The van der Waals surface area contributed by atoms with Gasteiger partial charge in [0.2, 0.25) is 10.0 Å². The fourth-order valence-electron chi connectivity index (χ4n) is 1.18. The summed E-state index contributed by atoms with van der Waals surface area (Å²) in [6, 6.07) is 1.72. The van der Waals surface area contributed by atoms with Gasteiger partial charge >= 0.3 is 0 Å². The molecule has 4 nitrogen and oxygen atoms in total. The molecule has 1 unspecified atom stereocenters. The highest BCUT2D eigenvalue weighted by Gasteiger charge is 2.28. The zero-order valence-electron chi connectivity index (χ0n) is 10.1. The molecule has 0 aliphatic heterocycles. The van der Waals surface area contributed by atoms with E-state index in [0.29, 0.717) is 0 Å². The second-order valence-electron chi connectivity index (χ2n) is 5.04. The molecule has 0 saturated heterocycles. The van der Waals surface area contributed by atoms with Crippen LogP contribution in [-0.2, 0) is 10.0 Å². The molecule has 0 bridgehead atoms. The van der Waals surface area contributed by atoms with E-state index >= 15 is 0 Å². The molecule has 0 amide bonds. The Morgan fingerprint density at radius 2 is 1.87 bits per heavy atom. The van der Waals surface area contributed by atoms with Crippen LogP contribution in [0.25, 0.3) is 0 Å². The molecule has 0 spiro atoms. The van der Waals surface area contributed by atoms with Crippen LogP contribution in [0.5, 0.6) is 0 Å². The van der Waals surface area contributed by atoms with Gasteiger partial charge in [-0.15, -0.1) is 0 Å². The number of hydrogen-bond donors (Lipinski definition) is 0. The van der Waals surface area contributed by atoms with Gasteiger partial charge in [0.15, 0.2) is 0 Å². The van der Waals surface area contributed by atoms with Crippen molar-refractivity contribution in [1.82, 2.24) is 4.31 Å². The minimum atomic E-state index is -3.26. The van der Waals surface area contributed by atoms with Gasteiger partial charge in [-0.1, -0.05) is 20.8 Å². The van der Waals surface area contributed by atoms with E-state index in [0.717, 1.165) is 0 Å². The van der Waals surface area contributed by atoms with Gasteiger partial charge in [-0.05, 0) is 12.3 Å². The maximum absolute atomic E-state index is 11.9. The predicted molar refractivity (Wildman–Crippen MR) is 60.7 cm³/mol. The van der Waals surface area contributed by atoms with E-state index in [1.165, 1.54) is 11.4 Å². The van der Waals surface area contributed by atoms with Gasteiger partial charge in [-0.2, -0.15) is 5.26 Å². The van der Waals surface area contributed by atoms with Crippen LogP contribution < -0.4 is 0 Å². The second-order valence-corrected chi connectivity index (χ2v) is 7.07. The van der Waals surface area contributed by atoms with Crippen LogP contribution in [0.2, 0.25) is 0 Å². The summed E-state index contributed by atoms with van der Waals surface area (Å²) in [4.78, 5) is 0. The highest BCUT2D eigenvalue weighted by molar-refractivity contribution is 7.89. The molecule has 0 aromatic heterocycles. The SMILES string of the molecule is CC(CC#N)N(C)S(=O)(=O)CC(C)(C)C. The lowest BCUT2D eigenvalue weighted by Gasteiger charge is -2.26. The first kappa shape index (κ1) is 14.4. The smallest absolute Gasteiger partial charge is 0.212 e. The summed E-state index contributed by atoms with van der Waals surface area (Å²) in [6.45, 7) is 7.39. The average Bonchev–Trinajstić information content (AvgIpc) is 1.98. The van der Waals surface area contributed by atoms with Crippen LogP contribution in [0, 0.1) is 16.7 Å². The molecule has 0 aliphatic rings. The largest absolute Gasteiger partial charge is 0.214 e. The molecular weight excluding hydrogens is 212 g/mol. The number of nitriles is 1. The third kappa shape index (κ3) is 5.14. The summed E-state index contributed by atoms with van der Waals surface area (Å²) >= 11 is 0. The number of rotatable bonds is 4. The normalized spacial score (nSPS) is 15.0. The summed E-state index contributed by atoms with van der Waals surface area (Å²) in [5.74, 6) is 0.103. The van der Waals surface area contributed by atoms with Crippen molar-refractivity contribution in [3.63, 3.8) is 0 Å². The van der Waals surface area contributed by atoms with Crippen molar-refractivity contribution < 1.29 is 8.42 Å². The monoisotopic (exact) mass is 232 g/mol. The zero-order chi connectivity index (χ0) is 12.3. The van der Waals surface area contributed by atoms with E-state index in [-0.39, 0.29) is 23.6 Å². The van der Waals surface area contributed by atoms with E-state index < -0.39 is 10.0 Å². The summed E-state index contributed by atoms with van der Waals surface area (Å²) in [6.07, 6.45) is 0.222. The molecule has 0 rings (SSSR count). The Hall–Kier alpha value is -0.600. The fourth-order valence-corrected chi connectivity index (χ4v) is 3.10. The Morgan fingerprint density at radius 1 is 1.40 bits per heavy atom. The topological polar surface area (TPSA) is 61.2 Å². The third-order valence-corrected chi connectivity index (χ3v) is 4.53. The number of sulfonamides is 1. The molecule has 0 radical (unpaired) electrons. The van der Waals surface area contributed by atoms with Crippen LogP contribution >= 0.6 is 0 Å². The summed E-state index contributed by atoms with van der Waals surface area (Å²) < 4.78 is 25.1. The molecule has 0 N–H and O–H groups in total. The van der Waals surface area contributed by atoms with E-state index in [9.17, 15) is 8.42 Å². The molecule has 15 heavy (non-hydrogen) atoms. The molecule has 0 aromatic carbocycles. The molecule has 0 saturated carbocycles. The molecule has 5 heteroatoms. The lowest BCUT2D eigenvalue weighted by atomic mass is 10.0. The van der Waals surface area contributed by atoms with Gasteiger partial charge in [0.25, 0.3) is 0 Å². The standard InChI is InChI=1S/C10H20N2O2S/c1-9(6-7-11)12(5)15(13,14)8-10(2,3)4/h9H,6,8H2,1-5H3. The number of nitrogens with zero attached hydrogens (tertiary/aromatic N) is 2. The first-order chi connectivity index (χ1) is 6.60. The zero-order valence-corrected chi connectivity index (χ0v) is 10.9. The Balaban J connectivity index is 4.69. The Morgan fingerprint density at radius 3 is 2.20 bits per heavy atom. The number of hydrogen-bond acceptors (Lipinski definition) is 3. The molecule has 1 atom stereocenters. The molecule has 0 aliphatic carbocycles.